The van der Waals surface area contributed by atoms with Gasteiger partial charge in [-0.2, -0.15) is 0 Å². The Balaban J connectivity index is 1.33. The third kappa shape index (κ3) is 5.79. The van der Waals surface area contributed by atoms with Crippen molar-refractivity contribution in [1.82, 2.24) is 14.9 Å². The molecule has 0 bridgehead atoms. The lowest BCUT2D eigenvalue weighted by molar-refractivity contribution is 0.140. The molecule has 3 heterocycles. The van der Waals surface area contributed by atoms with Gasteiger partial charge in [0.15, 0.2) is 5.82 Å². The van der Waals surface area contributed by atoms with E-state index in [1.807, 2.05) is 6.92 Å². The van der Waals surface area contributed by atoms with Gasteiger partial charge in [0.2, 0.25) is 5.95 Å². The van der Waals surface area contributed by atoms with Gasteiger partial charge < -0.3 is 20.1 Å². The fourth-order valence-corrected chi connectivity index (χ4v) is 7.37. The Morgan fingerprint density at radius 1 is 1.14 bits per heavy atom. The van der Waals surface area contributed by atoms with Gasteiger partial charge in [0, 0.05) is 41.3 Å². The molecule has 13 heteroatoms. The van der Waals surface area contributed by atoms with Crippen LogP contribution >= 0.6 is 11.6 Å². The predicted molar refractivity (Wildman–Crippen MR) is 166 cm³/mol. The summed E-state index contributed by atoms with van der Waals surface area (Å²) in [6.07, 6.45) is 3.09. The quantitative estimate of drug-likeness (QED) is 0.217. The Hall–Kier alpha value is -3.58. The number of nitrogens with one attached hydrogen (secondary N) is 2. The number of nitrogens with zero attached hydrogens (tertiary/aromatic N) is 3. The third-order valence-electron chi connectivity index (χ3n) is 8.22. The molecule has 2 aliphatic rings. The lowest BCUT2D eigenvalue weighted by Crippen LogP contribution is -2.39. The molecule has 0 spiro atoms. The smallest absolute Gasteiger partial charge is 0.265 e. The summed E-state index contributed by atoms with van der Waals surface area (Å²) >= 11 is 6.11. The van der Waals surface area contributed by atoms with Crippen LogP contribution in [0, 0.1) is 11.6 Å². The summed E-state index contributed by atoms with van der Waals surface area (Å²) in [6, 6.07) is 8.10. The maximum Gasteiger partial charge on any atom is 0.265 e. The monoisotopic (exact) mass is 643 g/mol. The van der Waals surface area contributed by atoms with Gasteiger partial charge in [-0.1, -0.05) is 25.4 Å². The second-order valence-electron chi connectivity index (χ2n) is 11.0. The molecule has 1 aromatic heterocycles. The van der Waals surface area contributed by atoms with Crippen LogP contribution < -0.4 is 14.8 Å². The number of halogens is 3. The highest BCUT2D eigenvalue weighted by atomic mass is 35.5. The van der Waals surface area contributed by atoms with Crippen molar-refractivity contribution in [1.29, 1.82) is 0 Å². The van der Waals surface area contributed by atoms with E-state index >= 15 is 8.78 Å². The Labute approximate surface area is 259 Å². The van der Waals surface area contributed by atoms with Crippen LogP contribution in [0.2, 0.25) is 5.02 Å². The highest BCUT2D eigenvalue weighted by molar-refractivity contribution is 7.92. The number of likely N-dealkylation sites (tertiary alicyclic amines) is 1. The first-order chi connectivity index (χ1) is 21.1. The van der Waals surface area contributed by atoms with Crippen molar-refractivity contribution in [2.24, 2.45) is 0 Å². The molecule has 0 aliphatic carbocycles. The third-order valence-corrected chi connectivity index (χ3v) is 9.81. The predicted octanol–water partition coefficient (Wildman–Crippen LogP) is 5.91. The number of aliphatic hydroxyl groups is 1. The van der Waals surface area contributed by atoms with Crippen molar-refractivity contribution in [3.63, 3.8) is 0 Å². The first-order valence-electron chi connectivity index (χ1n) is 14.5. The molecule has 1 fully saturated rings. The van der Waals surface area contributed by atoms with Gasteiger partial charge in [-0.15, -0.1) is 0 Å². The van der Waals surface area contributed by atoms with Crippen molar-refractivity contribution in [2.45, 2.75) is 50.2 Å². The van der Waals surface area contributed by atoms with E-state index in [0.717, 1.165) is 56.2 Å². The molecule has 6 rings (SSSR count). The first-order valence-corrected chi connectivity index (χ1v) is 16.4. The maximum absolute atomic E-state index is 16.0. The minimum atomic E-state index is -4.45. The molecule has 4 aromatic rings. The molecule has 2 aliphatic heterocycles. The summed E-state index contributed by atoms with van der Waals surface area (Å²) in [5.74, 6) is -1.51. The maximum atomic E-state index is 16.0. The number of aryl methyl sites for hydroxylation is 1. The van der Waals surface area contributed by atoms with Crippen molar-refractivity contribution in [2.75, 3.05) is 36.3 Å². The zero-order valence-corrected chi connectivity index (χ0v) is 25.8. The van der Waals surface area contributed by atoms with Crippen LogP contribution in [0.1, 0.15) is 43.9 Å². The average Bonchev–Trinajstić information content (AvgIpc) is 3.38. The summed E-state index contributed by atoms with van der Waals surface area (Å²) in [6.45, 7) is 6.98. The summed E-state index contributed by atoms with van der Waals surface area (Å²) < 4.78 is 65.6. The van der Waals surface area contributed by atoms with Crippen LogP contribution in [-0.2, 0) is 16.4 Å². The number of aliphatic hydroxyl groups excluding tert-OH is 1. The number of anilines is 2. The number of hydrogen-bond donors (Lipinski definition) is 3. The number of piperidine rings is 1. The number of aromatic nitrogens is 2. The van der Waals surface area contributed by atoms with Crippen molar-refractivity contribution < 1.29 is 27.0 Å². The van der Waals surface area contributed by atoms with Crippen molar-refractivity contribution >= 4 is 44.2 Å². The lowest BCUT2D eigenvalue weighted by Gasteiger charge is -2.31. The molecule has 0 radical (unpaired) electrons. The van der Waals surface area contributed by atoms with Crippen molar-refractivity contribution in [3.05, 3.63) is 70.4 Å². The van der Waals surface area contributed by atoms with E-state index in [-0.39, 0.29) is 39.4 Å². The van der Waals surface area contributed by atoms with Gasteiger partial charge in [0.05, 0.1) is 16.8 Å². The summed E-state index contributed by atoms with van der Waals surface area (Å²) in [5, 5.41) is 14.2. The first kappa shape index (κ1) is 30.4. The van der Waals surface area contributed by atoms with Gasteiger partial charge in [-0.25, -0.2) is 27.2 Å². The van der Waals surface area contributed by atoms with E-state index in [2.05, 4.69) is 26.8 Å². The molecule has 0 unspecified atom stereocenters. The van der Waals surface area contributed by atoms with Gasteiger partial charge in [0.1, 0.15) is 29.2 Å². The zero-order valence-electron chi connectivity index (χ0n) is 24.2. The van der Waals surface area contributed by atoms with Gasteiger partial charge in [-0.05, 0) is 73.3 Å². The standard InChI is InChI=1S/C31H32ClF2N5O4S/c1-3-17-11-18(12-19-15-35-31(37-29(17)19)36-21-7-9-39(4-2)10-8-21)27-23(33)5-6-24(28(27)34)38-44(41,42)26-14-20(32)13-22-25(40)16-43-30(22)26/h5-6,11-15,21,25,38,40H,3-4,7-10,16H2,1-2H3,(H,35,36,37)/t25-/m1/s1. The van der Waals surface area contributed by atoms with Crippen LogP contribution in [0.5, 0.6) is 5.75 Å². The molecule has 3 N–H and O–H groups in total. The summed E-state index contributed by atoms with van der Waals surface area (Å²) in [7, 11) is -4.45. The highest BCUT2D eigenvalue weighted by Crippen LogP contribution is 2.41. The average molecular weight is 644 g/mol. The number of ether oxygens (including phenoxy) is 1. The van der Waals surface area contributed by atoms with Crippen LogP contribution in [-0.4, -0.2) is 60.7 Å². The Morgan fingerprint density at radius 3 is 2.64 bits per heavy atom. The fraction of sp³-hybridized carbons (Fsp3) is 0.355. The van der Waals surface area contributed by atoms with E-state index in [9.17, 15) is 13.5 Å². The van der Waals surface area contributed by atoms with Gasteiger partial charge in [-0.3, -0.25) is 4.72 Å². The fourth-order valence-electron chi connectivity index (χ4n) is 5.82. The van der Waals surface area contributed by atoms with E-state index in [1.165, 1.54) is 6.07 Å². The number of hydrogen-bond acceptors (Lipinski definition) is 8. The molecular formula is C31H32ClF2N5O4S. The molecule has 1 atom stereocenters. The number of rotatable bonds is 8. The van der Waals surface area contributed by atoms with E-state index in [0.29, 0.717) is 23.3 Å². The zero-order chi connectivity index (χ0) is 31.2. The van der Waals surface area contributed by atoms with Crippen LogP contribution in [0.3, 0.4) is 0 Å². The number of sulfonamides is 1. The van der Waals surface area contributed by atoms with E-state index in [1.54, 1.807) is 18.3 Å². The molecule has 232 valence electrons. The Bertz CT molecular complexity index is 1850. The number of fused-ring (bicyclic) bond motifs is 2. The minimum absolute atomic E-state index is 0.0552. The second-order valence-corrected chi connectivity index (χ2v) is 13.1. The largest absolute Gasteiger partial charge is 0.489 e. The Morgan fingerprint density at radius 2 is 1.91 bits per heavy atom. The van der Waals surface area contributed by atoms with Crippen LogP contribution in [0.4, 0.5) is 20.4 Å². The normalized spacial score (nSPS) is 17.5. The summed E-state index contributed by atoms with van der Waals surface area (Å²) in [4.78, 5) is 11.3. The topological polar surface area (TPSA) is 117 Å². The van der Waals surface area contributed by atoms with E-state index in [4.69, 9.17) is 21.3 Å². The van der Waals surface area contributed by atoms with E-state index < -0.39 is 39.0 Å². The van der Waals surface area contributed by atoms with Crippen LogP contribution in [0.15, 0.2) is 47.5 Å². The lowest BCUT2D eigenvalue weighted by atomic mass is 9.97. The van der Waals surface area contributed by atoms with Gasteiger partial charge >= 0.3 is 0 Å². The molecule has 44 heavy (non-hydrogen) atoms. The SMILES string of the molecule is CCc1cc(-c2c(F)ccc(NS(=O)(=O)c3cc(Cl)cc4c3OC[C@H]4O)c2F)cc2cnc(NC3CCN(CC)CC3)nc12. The highest BCUT2D eigenvalue weighted by Gasteiger charge is 2.32. The van der Waals surface area contributed by atoms with Crippen molar-refractivity contribution in [3.8, 4) is 16.9 Å². The molecule has 9 nitrogen and oxygen atoms in total. The summed E-state index contributed by atoms with van der Waals surface area (Å²) in [5.41, 5.74) is 1.01. The molecular weight excluding hydrogens is 612 g/mol. The molecule has 1 saturated heterocycles. The number of benzene rings is 3. The second kappa shape index (κ2) is 12.1. The molecule has 0 saturated carbocycles. The van der Waals surface area contributed by atoms with Crippen LogP contribution in [0.25, 0.3) is 22.0 Å². The van der Waals surface area contributed by atoms with Gasteiger partial charge in [0.25, 0.3) is 10.0 Å². The molecule has 3 aromatic carbocycles. The molecule has 0 amide bonds. The minimum Gasteiger partial charge on any atom is -0.489 e. The Kier molecular flexibility index (Phi) is 8.35.